The van der Waals surface area contributed by atoms with Crippen molar-refractivity contribution in [2.45, 2.75) is 26.8 Å². The van der Waals surface area contributed by atoms with Gasteiger partial charge in [-0.15, -0.1) is 0 Å². The zero-order valence-corrected chi connectivity index (χ0v) is 10.8. The van der Waals surface area contributed by atoms with Gasteiger partial charge in [-0.2, -0.15) is 5.10 Å². The van der Waals surface area contributed by atoms with Crippen molar-refractivity contribution >= 4 is 5.78 Å². The Hall–Kier alpha value is -2.04. The maximum atomic E-state index is 13.5. The van der Waals surface area contributed by atoms with Crippen LogP contribution in [0.2, 0.25) is 0 Å². The number of hydrogen-bond acceptors (Lipinski definition) is 2. The normalized spacial score (nSPS) is 10.7. The number of aryl methyl sites for hydroxylation is 2. The van der Waals surface area contributed by atoms with Crippen LogP contribution in [0.1, 0.15) is 28.7 Å². The van der Waals surface area contributed by atoms with Gasteiger partial charge in [0, 0.05) is 18.5 Å². The Kier molecular flexibility index (Phi) is 3.74. The van der Waals surface area contributed by atoms with Crippen LogP contribution in [0.5, 0.6) is 0 Å². The standard InChI is InChI=1S/C14H14F2N2O/c1-3-18-13(7-9(2)17-18)14(19)8-10-11(15)5-4-6-12(10)16/h4-7H,3,8H2,1-2H3. The van der Waals surface area contributed by atoms with E-state index in [-0.39, 0.29) is 17.8 Å². The van der Waals surface area contributed by atoms with Crippen molar-refractivity contribution in [2.24, 2.45) is 0 Å². The number of aromatic nitrogens is 2. The first kappa shape index (κ1) is 13.4. The molecule has 0 bridgehead atoms. The van der Waals surface area contributed by atoms with Crippen molar-refractivity contribution in [3.8, 4) is 0 Å². The molecule has 0 saturated heterocycles. The Morgan fingerprint density at radius 3 is 2.53 bits per heavy atom. The van der Waals surface area contributed by atoms with Crippen LogP contribution in [-0.4, -0.2) is 15.6 Å². The number of halogens is 2. The topological polar surface area (TPSA) is 34.9 Å². The number of nitrogens with zero attached hydrogens (tertiary/aromatic N) is 2. The zero-order valence-electron chi connectivity index (χ0n) is 10.8. The van der Waals surface area contributed by atoms with Gasteiger partial charge in [0.25, 0.3) is 0 Å². The van der Waals surface area contributed by atoms with Crippen LogP contribution in [0, 0.1) is 18.6 Å². The van der Waals surface area contributed by atoms with Crippen LogP contribution in [0.15, 0.2) is 24.3 Å². The van der Waals surface area contributed by atoms with E-state index in [9.17, 15) is 13.6 Å². The second-order valence-corrected chi connectivity index (χ2v) is 4.29. The molecule has 0 aliphatic carbocycles. The lowest BCUT2D eigenvalue weighted by Gasteiger charge is -2.05. The Balaban J connectivity index is 2.31. The zero-order chi connectivity index (χ0) is 14.0. The first-order chi connectivity index (χ1) is 9.02. The minimum Gasteiger partial charge on any atom is -0.292 e. The van der Waals surface area contributed by atoms with Gasteiger partial charge in [-0.1, -0.05) is 6.07 Å². The highest BCUT2D eigenvalue weighted by Crippen LogP contribution is 2.16. The molecule has 1 heterocycles. The van der Waals surface area contributed by atoms with Gasteiger partial charge in [0.05, 0.1) is 5.69 Å². The first-order valence-corrected chi connectivity index (χ1v) is 6.03. The predicted molar refractivity (Wildman–Crippen MR) is 67.0 cm³/mol. The second-order valence-electron chi connectivity index (χ2n) is 4.29. The maximum Gasteiger partial charge on any atom is 0.185 e. The average molecular weight is 264 g/mol. The number of carbonyl (C=O) groups excluding carboxylic acids is 1. The molecule has 5 heteroatoms. The van der Waals surface area contributed by atoms with E-state index in [2.05, 4.69) is 5.10 Å². The molecule has 0 aliphatic heterocycles. The van der Waals surface area contributed by atoms with E-state index in [1.54, 1.807) is 13.0 Å². The molecule has 0 saturated carbocycles. The molecular weight excluding hydrogens is 250 g/mol. The molecule has 0 spiro atoms. The van der Waals surface area contributed by atoms with Crippen molar-refractivity contribution in [2.75, 3.05) is 0 Å². The summed E-state index contributed by atoms with van der Waals surface area (Å²) in [7, 11) is 0. The van der Waals surface area contributed by atoms with Crippen molar-refractivity contribution < 1.29 is 13.6 Å². The molecule has 3 nitrogen and oxygen atoms in total. The van der Waals surface area contributed by atoms with Gasteiger partial charge < -0.3 is 0 Å². The summed E-state index contributed by atoms with van der Waals surface area (Å²) in [5.74, 6) is -1.74. The summed E-state index contributed by atoms with van der Waals surface area (Å²) < 4.78 is 28.5. The molecule has 0 radical (unpaired) electrons. The van der Waals surface area contributed by atoms with Crippen LogP contribution in [0.4, 0.5) is 8.78 Å². The van der Waals surface area contributed by atoms with Crippen molar-refractivity contribution in [1.82, 2.24) is 9.78 Å². The summed E-state index contributed by atoms with van der Waals surface area (Å²) in [4.78, 5) is 12.1. The molecule has 0 fully saturated rings. The SMILES string of the molecule is CCn1nc(C)cc1C(=O)Cc1c(F)cccc1F. The third-order valence-corrected chi connectivity index (χ3v) is 2.89. The molecule has 100 valence electrons. The van der Waals surface area contributed by atoms with Crippen molar-refractivity contribution in [3.63, 3.8) is 0 Å². The van der Waals surface area contributed by atoms with Crippen LogP contribution < -0.4 is 0 Å². The average Bonchev–Trinajstić information content (AvgIpc) is 2.75. The van der Waals surface area contributed by atoms with Gasteiger partial charge in [-0.3, -0.25) is 9.48 Å². The summed E-state index contributed by atoms with van der Waals surface area (Å²) in [6.45, 7) is 4.16. The van der Waals surface area contributed by atoms with E-state index in [4.69, 9.17) is 0 Å². The minimum absolute atomic E-state index is 0.200. The number of hydrogen-bond donors (Lipinski definition) is 0. The van der Waals surface area contributed by atoms with E-state index in [1.165, 1.54) is 10.7 Å². The number of benzene rings is 1. The first-order valence-electron chi connectivity index (χ1n) is 6.03. The smallest absolute Gasteiger partial charge is 0.185 e. The summed E-state index contributed by atoms with van der Waals surface area (Å²) in [5.41, 5.74) is 0.885. The van der Waals surface area contributed by atoms with E-state index in [1.807, 2.05) is 6.92 Å². The van der Waals surface area contributed by atoms with Crippen molar-refractivity contribution in [1.29, 1.82) is 0 Å². The Labute approximate surface area is 109 Å². The highest BCUT2D eigenvalue weighted by molar-refractivity contribution is 5.96. The lowest BCUT2D eigenvalue weighted by atomic mass is 10.1. The monoisotopic (exact) mass is 264 g/mol. The molecule has 1 aromatic carbocycles. The van der Waals surface area contributed by atoms with Crippen LogP contribution >= 0.6 is 0 Å². The van der Waals surface area contributed by atoms with E-state index in [0.717, 1.165) is 12.1 Å². The predicted octanol–water partition coefficient (Wildman–Crippen LogP) is 2.92. The fourth-order valence-electron chi connectivity index (χ4n) is 1.96. The largest absolute Gasteiger partial charge is 0.292 e. The Morgan fingerprint density at radius 1 is 1.32 bits per heavy atom. The van der Waals surface area contributed by atoms with E-state index in [0.29, 0.717) is 17.9 Å². The third kappa shape index (κ3) is 2.70. The number of rotatable bonds is 4. The Bertz CT molecular complexity index is 600. The molecule has 0 N–H and O–H groups in total. The molecule has 0 amide bonds. The number of ketones is 1. The molecule has 0 atom stereocenters. The van der Waals surface area contributed by atoms with Gasteiger partial charge in [-0.25, -0.2) is 8.78 Å². The summed E-state index contributed by atoms with van der Waals surface area (Å²) in [5, 5.41) is 4.15. The molecule has 19 heavy (non-hydrogen) atoms. The number of carbonyl (C=O) groups is 1. The van der Waals surface area contributed by atoms with Crippen molar-refractivity contribution in [3.05, 3.63) is 52.9 Å². The molecular formula is C14H14F2N2O. The molecule has 0 unspecified atom stereocenters. The molecule has 0 aliphatic rings. The van der Waals surface area contributed by atoms with Gasteiger partial charge in [0.15, 0.2) is 5.78 Å². The fraction of sp³-hybridized carbons (Fsp3) is 0.286. The quantitative estimate of drug-likeness (QED) is 0.796. The van der Waals surface area contributed by atoms with Crippen LogP contribution in [-0.2, 0) is 13.0 Å². The van der Waals surface area contributed by atoms with E-state index < -0.39 is 11.6 Å². The lowest BCUT2D eigenvalue weighted by Crippen LogP contribution is -2.13. The fourth-order valence-corrected chi connectivity index (χ4v) is 1.96. The summed E-state index contributed by atoms with van der Waals surface area (Å²) in [6, 6.07) is 5.20. The van der Waals surface area contributed by atoms with Gasteiger partial charge in [-0.05, 0) is 32.0 Å². The highest BCUT2D eigenvalue weighted by atomic mass is 19.1. The summed E-state index contributed by atoms with van der Waals surface area (Å²) >= 11 is 0. The second kappa shape index (κ2) is 5.30. The summed E-state index contributed by atoms with van der Waals surface area (Å²) in [6.07, 6.45) is -0.302. The highest BCUT2D eigenvalue weighted by Gasteiger charge is 2.18. The van der Waals surface area contributed by atoms with Gasteiger partial charge in [0.2, 0.25) is 0 Å². The minimum atomic E-state index is -0.701. The molecule has 2 aromatic rings. The lowest BCUT2D eigenvalue weighted by molar-refractivity contribution is 0.0980. The number of Topliss-reactive ketones (excluding diaryl/α,β-unsaturated/α-hetero) is 1. The Morgan fingerprint density at radius 2 is 1.95 bits per heavy atom. The van der Waals surface area contributed by atoms with Crippen LogP contribution in [0.3, 0.4) is 0 Å². The molecule has 2 rings (SSSR count). The van der Waals surface area contributed by atoms with E-state index >= 15 is 0 Å². The van der Waals surface area contributed by atoms with Gasteiger partial charge >= 0.3 is 0 Å². The van der Waals surface area contributed by atoms with Gasteiger partial charge in [0.1, 0.15) is 17.3 Å². The molecule has 1 aromatic heterocycles. The van der Waals surface area contributed by atoms with Crippen LogP contribution in [0.25, 0.3) is 0 Å². The maximum absolute atomic E-state index is 13.5. The third-order valence-electron chi connectivity index (χ3n) is 2.89.